The number of sulfonamides is 1. The summed E-state index contributed by atoms with van der Waals surface area (Å²) < 4.78 is 29.3. The fourth-order valence-electron chi connectivity index (χ4n) is 2.41. The topological polar surface area (TPSA) is 89.7 Å². The molecule has 1 amide bonds. The fourth-order valence-corrected chi connectivity index (χ4v) is 3.36. The highest BCUT2D eigenvalue weighted by molar-refractivity contribution is 9.10. The summed E-state index contributed by atoms with van der Waals surface area (Å²) in [5.74, 6) is 0.364. The number of benzene rings is 2. The Morgan fingerprint density at radius 1 is 1.24 bits per heavy atom. The number of aryl methyl sites for hydroxylation is 1. The number of rotatable bonds is 5. The number of nitrogens with zero attached hydrogens (tertiary/aromatic N) is 1. The van der Waals surface area contributed by atoms with Crippen LogP contribution in [-0.4, -0.2) is 33.4 Å². The number of carbonyl (C=O) groups excluding carboxylic acids is 1. The molecular weight excluding hydrogens is 408 g/mol. The van der Waals surface area contributed by atoms with E-state index in [2.05, 4.69) is 15.9 Å². The molecule has 0 saturated carbocycles. The van der Waals surface area contributed by atoms with E-state index >= 15 is 0 Å². The van der Waals surface area contributed by atoms with Crippen molar-refractivity contribution in [2.75, 3.05) is 14.2 Å². The second-order valence-electron chi connectivity index (χ2n) is 5.64. The second kappa shape index (κ2) is 7.55. The Labute approximate surface area is 155 Å². The van der Waals surface area contributed by atoms with E-state index in [1.54, 1.807) is 27.1 Å². The monoisotopic (exact) mass is 426 g/mol. The van der Waals surface area contributed by atoms with Crippen LogP contribution in [0.3, 0.4) is 0 Å². The van der Waals surface area contributed by atoms with Crippen LogP contribution in [-0.2, 0) is 16.6 Å². The first-order valence-corrected chi connectivity index (χ1v) is 9.68. The molecule has 0 unspecified atom stereocenters. The van der Waals surface area contributed by atoms with Gasteiger partial charge in [0.05, 0.1) is 12.0 Å². The third-order valence-corrected chi connectivity index (χ3v) is 5.17. The molecule has 0 aliphatic rings. The molecule has 0 fully saturated rings. The van der Waals surface area contributed by atoms with Gasteiger partial charge in [-0.15, -0.1) is 0 Å². The number of methoxy groups -OCH3 is 1. The Hall–Kier alpha value is -1.90. The summed E-state index contributed by atoms with van der Waals surface area (Å²) in [7, 11) is -0.665. The molecule has 0 saturated heterocycles. The van der Waals surface area contributed by atoms with Gasteiger partial charge in [0.1, 0.15) is 5.75 Å². The first kappa shape index (κ1) is 19.4. The zero-order valence-electron chi connectivity index (χ0n) is 14.1. The molecule has 134 valence electrons. The van der Waals surface area contributed by atoms with Gasteiger partial charge >= 0.3 is 0 Å². The molecule has 0 spiro atoms. The summed E-state index contributed by atoms with van der Waals surface area (Å²) in [5, 5.41) is 5.16. The van der Waals surface area contributed by atoms with Gasteiger partial charge in [0.25, 0.3) is 5.91 Å². The van der Waals surface area contributed by atoms with E-state index < -0.39 is 10.0 Å². The molecule has 2 aromatic carbocycles. The lowest BCUT2D eigenvalue weighted by Gasteiger charge is -2.20. The standard InChI is InChI=1S/C17H19BrN2O4S/c1-11-4-6-14(25(19,22)23)9-15(11)17(21)20(2)10-12-8-13(18)5-7-16(12)24-3/h4-9H,10H2,1-3H3,(H2,19,22,23). The number of carbonyl (C=O) groups is 1. The maximum absolute atomic E-state index is 12.8. The van der Waals surface area contributed by atoms with Gasteiger partial charge in [-0.2, -0.15) is 0 Å². The molecule has 0 aliphatic heterocycles. The first-order valence-electron chi connectivity index (χ1n) is 7.35. The van der Waals surface area contributed by atoms with Crippen molar-refractivity contribution < 1.29 is 17.9 Å². The lowest BCUT2D eigenvalue weighted by atomic mass is 10.1. The predicted octanol–water partition coefficient (Wildman–Crippen LogP) is 2.69. The van der Waals surface area contributed by atoms with Crippen LogP contribution in [0.25, 0.3) is 0 Å². The fraction of sp³-hybridized carbons (Fsp3) is 0.235. The van der Waals surface area contributed by atoms with Gasteiger partial charge < -0.3 is 9.64 Å². The number of nitrogens with two attached hydrogens (primary N) is 1. The predicted molar refractivity (Wildman–Crippen MR) is 99.0 cm³/mol. The SMILES string of the molecule is COc1ccc(Br)cc1CN(C)C(=O)c1cc(S(N)(=O)=O)ccc1C. The lowest BCUT2D eigenvalue weighted by molar-refractivity contribution is 0.0783. The van der Waals surface area contributed by atoms with Crippen LogP contribution in [0.1, 0.15) is 21.5 Å². The molecular formula is C17H19BrN2O4S. The highest BCUT2D eigenvalue weighted by atomic mass is 79.9. The zero-order chi connectivity index (χ0) is 18.8. The molecule has 6 nitrogen and oxygen atoms in total. The van der Waals surface area contributed by atoms with E-state index in [1.807, 2.05) is 18.2 Å². The Morgan fingerprint density at radius 3 is 2.52 bits per heavy atom. The Kier molecular flexibility index (Phi) is 5.87. The zero-order valence-corrected chi connectivity index (χ0v) is 16.5. The summed E-state index contributed by atoms with van der Waals surface area (Å²) >= 11 is 3.40. The minimum Gasteiger partial charge on any atom is -0.496 e. The molecule has 0 radical (unpaired) electrons. The van der Waals surface area contributed by atoms with Crippen molar-refractivity contribution in [2.45, 2.75) is 18.4 Å². The lowest BCUT2D eigenvalue weighted by Crippen LogP contribution is -2.27. The first-order chi connectivity index (χ1) is 11.6. The Morgan fingerprint density at radius 2 is 1.92 bits per heavy atom. The Balaban J connectivity index is 2.34. The van der Waals surface area contributed by atoms with Crippen molar-refractivity contribution in [3.05, 3.63) is 57.6 Å². The molecule has 0 atom stereocenters. The van der Waals surface area contributed by atoms with E-state index in [0.29, 0.717) is 23.4 Å². The van der Waals surface area contributed by atoms with Crippen LogP contribution in [0, 0.1) is 6.92 Å². The second-order valence-corrected chi connectivity index (χ2v) is 8.12. The molecule has 25 heavy (non-hydrogen) atoms. The number of primary sulfonamides is 1. The third kappa shape index (κ3) is 4.59. The van der Waals surface area contributed by atoms with Crippen molar-refractivity contribution in [1.82, 2.24) is 4.90 Å². The van der Waals surface area contributed by atoms with E-state index in [1.165, 1.54) is 17.0 Å². The minimum absolute atomic E-state index is 0.0881. The third-order valence-electron chi connectivity index (χ3n) is 3.76. The number of hydrogen-bond donors (Lipinski definition) is 1. The molecule has 0 bridgehead atoms. The molecule has 8 heteroatoms. The van der Waals surface area contributed by atoms with Crippen LogP contribution in [0.15, 0.2) is 45.8 Å². The molecule has 0 aromatic heterocycles. The van der Waals surface area contributed by atoms with Crippen LogP contribution in [0.4, 0.5) is 0 Å². The maximum Gasteiger partial charge on any atom is 0.254 e. The van der Waals surface area contributed by atoms with Gasteiger partial charge in [-0.05, 0) is 42.8 Å². The highest BCUT2D eigenvalue weighted by Crippen LogP contribution is 2.25. The minimum atomic E-state index is -3.87. The van der Waals surface area contributed by atoms with Crippen molar-refractivity contribution in [2.24, 2.45) is 5.14 Å². The maximum atomic E-state index is 12.8. The van der Waals surface area contributed by atoms with Crippen molar-refractivity contribution in [3.8, 4) is 5.75 Å². The molecule has 0 heterocycles. The summed E-state index contributed by atoms with van der Waals surface area (Å²) in [6.07, 6.45) is 0. The van der Waals surface area contributed by atoms with Gasteiger partial charge in [0, 0.05) is 29.2 Å². The summed E-state index contributed by atoms with van der Waals surface area (Å²) in [6, 6.07) is 9.80. The number of ether oxygens (including phenoxy) is 1. The largest absolute Gasteiger partial charge is 0.496 e. The molecule has 0 aliphatic carbocycles. The summed E-state index contributed by atoms with van der Waals surface area (Å²) in [4.78, 5) is 14.2. The normalized spacial score (nSPS) is 11.2. The smallest absolute Gasteiger partial charge is 0.254 e. The average molecular weight is 427 g/mol. The Bertz CT molecular complexity index is 913. The van der Waals surface area contributed by atoms with E-state index in [9.17, 15) is 13.2 Å². The van der Waals surface area contributed by atoms with Crippen LogP contribution in [0.5, 0.6) is 5.75 Å². The van der Waals surface area contributed by atoms with E-state index in [0.717, 1.165) is 10.0 Å². The highest BCUT2D eigenvalue weighted by Gasteiger charge is 2.19. The number of amides is 1. The van der Waals surface area contributed by atoms with Gasteiger partial charge in [-0.25, -0.2) is 13.6 Å². The number of hydrogen-bond acceptors (Lipinski definition) is 4. The van der Waals surface area contributed by atoms with Gasteiger partial charge in [0.15, 0.2) is 0 Å². The molecule has 2 N–H and O–H groups in total. The van der Waals surface area contributed by atoms with Crippen molar-refractivity contribution >= 4 is 31.9 Å². The molecule has 2 rings (SSSR count). The molecule has 2 aromatic rings. The summed E-state index contributed by atoms with van der Waals surface area (Å²) in [6.45, 7) is 2.05. The van der Waals surface area contributed by atoms with Gasteiger partial charge in [0.2, 0.25) is 10.0 Å². The number of halogens is 1. The van der Waals surface area contributed by atoms with Crippen molar-refractivity contribution in [1.29, 1.82) is 0 Å². The van der Waals surface area contributed by atoms with Crippen molar-refractivity contribution in [3.63, 3.8) is 0 Å². The van der Waals surface area contributed by atoms with Crippen LogP contribution >= 0.6 is 15.9 Å². The van der Waals surface area contributed by atoms with E-state index in [-0.39, 0.29) is 10.8 Å². The van der Waals surface area contributed by atoms with Crippen LogP contribution < -0.4 is 9.88 Å². The van der Waals surface area contributed by atoms with Gasteiger partial charge in [-0.1, -0.05) is 22.0 Å². The van der Waals surface area contributed by atoms with E-state index in [4.69, 9.17) is 9.88 Å². The average Bonchev–Trinajstić information content (AvgIpc) is 2.53. The van der Waals surface area contributed by atoms with Gasteiger partial charge in [-0.3, -0.25) is 4.79 Å². The van der Waals surface area contributed by atoms with Crippen LogP contribution in [0.2, 0.25) is 0 Å². The quantitative estimate of drug-likeness (QED) is 0.795. The summed E-state index contributed by atoms with van der Waals surface area (Å²) in [5.41, 5.74) is 1.79.